The molecule has 3 N–H and O–H groups in total. The Morgan fingerprint density at radius 3 is 2.43 bits per heavy atom. The lowest BCUT2D eigenvalue weighted by molar-refractivity contribution is -0.135. The molecule has 65 heavy (non-hydrogen) atoms. The first-order valence-electron chi connectivity index (χ1n) is 21.8. The molecule has 0 bridgehead atoms. The van der Waals surface area contributed by atoms with E-state index in [-0.39, 0.29) is 88.4 Å². The van der Waals surface area contributed by atoms with E-state index in [1.54, 1.807) is 17.6 Å². The normalized spacial score (nSPS) is 20.5. The summed E-state index contributed by atoms with van der Waals surface area (Å²) >= 11 is 0. The number of aromatic nitrogens is 2. The number of ether oxygens (including phenoxy) is 1. The van der Waals surface area contributed by atoms with Crippen LogP contribution in [0.3, 0.4) is 0 Å². The summed E-state index contributed by atoms with van der Waals surface area (Å²) in [6, 6.07) is 10.4. The van der Waals surface area contributed by atoms with Crippen LogP contribution in [0.15, 0.2) is 53.6 Å². The van der Waals surface area contributed by atoms with Crippen LogP contribution >= 0.6 is 0 Å². The van der Waals surface area contributed by atoms with E-state index in [1.807, 2.05) is 15.9 Å². The van der Waals surface area contributed by atoms with Crippen LogP contribution < -0.4 is 25.7 Å². The highest BCUT2D eigenvalue weighted by atomic mass is 32.2. The fourth-order valence-electron chi connectivity index (χ4n) is 9.60. The quantitative estimate of drug-likeness (QED) is 0.151. The minimum atomic E-state index is -4.03. The van der Waals surface area contributed by atoms with E-state index in [0.717, 1.165) is 48.5 Å². The SMILES string of the molecule is CCN(C)S(=O)(=O)Nc1ccc(F)c(Oc2ccc3ncn([C@H]4CCC5(CCN(C(=O)CN6CCC(c7ccc(NC8CCC(=O)NC8=O)c(F)c7F)CC6)CC5)C4)c(=O)c3c2)c1C#N. The predicted octanol–water partition coefficient (Wildman–Crippen LogP) is 5.52. The molecule has 2 atom stereocenters. The molecule has 4 fully saturated rings. The number of anilines is 2. The number of nitrogens with zero attached hydrogens (tertiary/aromatic N) is 6. The summed E-state index contributed by atoms with van der Waals surface area (Å²) in [7, 11) is -2.68. The first-order chi connectivity index (χ1) is 31.1. The lowest BCUT2D eigenvalue weighted by Gasteiger charge is -2.40. The maximum atomic E-state index is 15.3. The van der Waals surface area contributed by atoms with Crippen molar-refractivity contribution in [2.45, 2.75) is 82.7 Å². The van der Waals surface area contributed by atoms with E-state index in [1.165, 1.54) is 37.6 Å². The largest absolute Gasteiger partial charge is 0.453 e. The molecule has 4 aromatic rings. The van der Waals surface area contributed by atoms with Crippen molar-refractivity contribution >= 4 is 50.2 Å². The maximum Gasteiger partial charge on any atom is 0.301 e. The van der Waals surface area contributed by atoms with E-state index in [9.17, 15) is 32.9 Å². The van der Waals surface area contributed by atoms with Crippen molar-refractivity contribution in [1.29, 1.82) is 5.26 Å². The number of piperidine rings is 3. The fraction of sp³-hybridized carbons (Fsp3) is 0.467. The van der Waals surface area contributed by atoms with Crippen molar-refractivity contribution in [2.75, 3.05) is 56.4 Å². The molecule has 1 aromatic heterocycles. The summed E-state index contributed by atoms with van der Waals surface area (Å²) in [4.78, 5) is 59.5. The van der Waals surface area contributed by atoms with Crippen LogP contribution in [-0.2, 0) is 24.6 Å². The number of fused-ring (bicyclic) bond motifs is 1. The number of rotatable bonds is 12. The summed E-state index contributed by atoms with van der Waals surface area (Å²) in [6.45, 7) is 4.26. The van der Waals surface area contributed by atoms with Gasteiger partial charge in [0.2, 0.25) is 17.7 Å². The maximum absolute atomic E-state index is 15.3. The van der Waals surface area contributed by atoms with Crippen molar-refractivity contribution in [3.05, 3.63) is 87.7 Å². The molecule has 3 aromatic carbocycles. The molecule has 1 spiro atoms. The third kappa shape index (κ3) is 9.40. The van der Waals surface area contributed by atoms with Gasteiger partial charge >= 0.3 is 10.2 Å². The van der Waals surface area contributed by atoms with Crippen LogP contribution in [0.1, 0.15) is 87.8 Å². The average molecular weight is 918 g/mol. The number of carbonyl (C=O) groups is 3. The van der Waals surface area contributed by atoms with Crippen molar-refractivity contribution < 1.29 is 40.7 Å². The summed E-state index contributed by atoms with van der Waals surface area (Å²) in [5, 5.41) is 15.1. The molecular weight excluding hydrogens is 868 g/mol. The highest BCUT2D eigenvalue weighted by molar-refractivity contribution is 7.90. The average Bonchev–Trinajstić information content (AvgIpc) is 3.70. The fourth-order valence-corrected chi connectivity index (χ4v) is 10.5. The second kappa shape index (κ2) is 18.4. The Hall–Kier alpha value is -6.04. The highest BCUT2D eigenvalue weighted by Gasteiger charge is 2.43. The molecule has 1 aliphatic carbocycles. The smallest absolute Gasteiger partial charge is 0.301 e. The van der Waals surface area contributed by atoms with Gasteiger partial charge in [-0.1, -0.05) is 13.0 Å². The second-order valence-electron chi connectivity index (χ2n) is 17.5. The summed E-state index contributed by atoms with van der Waals surface area (Å²) in [6.07, 6.45) is 6.81. The predicted molar refractivity (Wildman–Crippen MR) is 234 cm³/mol. The topological polar surface area (TPSA) is 199 Å². The number of hydrogen-bond donors (Lipinski definition) is 3. The van der Waals surface area contributed by atoms with Gasteiger partial charge < -0.3 is 15.0 Å². The number of halogens is 3. The van der Waals surface area contributed by atoms with E-state index in [2.05, 4.69) is 20.3 Å². The van der Waals surface area contributed by atoms with Gasteiger partial charge in [-0.25, -0.2) is 18.2 Å². The van der Waals surface area contributed by atoms with Gasteiger partial charge in [-0.05, 0) is 118 Å². The van der Waals surface area contributed by atoms with Gasteiger partial charge in [-0.15, -0.1) is 0 Å². The van der Waals surface area contributed by atoms with Gasteiger partial charge in [0.25, 0.3) is 5.56 Å². The third-order valence-corrected chi connectivity index (χ3v) is 15.2. The first-order valence-corrected chi connectivity index (χ1v) is 23.3. The Kier molecular flexibility index (Phi) is 12.9. The Balaban J connectivity index is 0.852. The number of likely N-dealkylation sites (tertiary alicyclic amines) is 2. The van der Waals surface area contributed by atoms with Crippen LogP contribution in [-0.4, -0.2) is 102 Å². The molecule has 4 aliphatic rings. The Labute approximate surface area is 373 Å². The van der Waals surface area contributed by atoms with Gasteiger partial charge in [0.05, 0.1) is 35.1 Å². The highest BCUT2D eigenvalue weighted by Crippen LogP contribution is 2.50. The van der Waals surface area contributed by atoms with Crippen LogP contribution in [0.2, 0.25) is 0 Å². The zero-order valence-electron chi connectivity index (χ0n) is 36.0. The minimum Gasteiger partial charge on any atom is -0.453 e. The number of carbonyl (C=O) groups excluding carboxylic acids is 3. The molecule has 20 heteroatoms. The van der Waals surface area contributed by atoms with Crippen LogP contribution in [0.5, 0.6) is 11.5 Å². The molecule has 3 saturated heterocycles. The molecular formula is C45H50F3N9O7S. The second-order valence-corrected chi connectivity index (χ2v) is 19.3. The van der Waals surface area contributed by atoms with E-state index >= 15 is 13.2 Å². The van der Waals surface area contributed by atoms with Crippen LogP contribution in [0, 0.1) is 34.2 Å². The van der Waals surface area contributed by atoms with Gasteiger partial charge in [-0.3, -0.25) is 38.7 Å². The number of nitriles is 1. The summed E-state index contributed by atoms with van der Waals surface area (Å²) in [5.74, 6) is -4.57. The number of imide groups is 1. The molecule has 8 rings (SSSR count). The molecule has 344 valence electrons. The molecule has 16 nitrogen and oxygen atoms in total. The standard InChI is InChI=1S/C45H50F3N9O7S/c1-3-54(2)65(62,63)53-35-9-6-33(46)42(32(35)24-49)64-29-4-7-34-31(22-29)44(61)57(26-50-34)28-12-15-45(23-28)16-20-56(21-17-45)39(59)25-55-18-13-27(14-19-55)30-5-8-36(41(48)40(30)47)51-37-10-11-38(58)52-43(37)60/h4-9,22,26-28,37,51,53H,3,10-21,23,25H2,1-2H3,(H,52,58,60)/t28-,37?/m0/s1. The zero-order chi connectivity index (χ0) is 46.2. The Bertz CT molecular complexity index is 2750. The zero-order valence-corrected chi connectivity index (χ0v) is 36.9. The summed E-state index contributed by atoms with van der Waals surface area (Å²) < 4.78 is 81.7. The lowest BCUT2D eigenvalue weighted by atomic mass is 9.77. The molecule has 3 amide bonds. The van der Waals surface area contributed by atoms with Gasteiger partial charge in [0.15, 0.2) is 23.2 Å². The molecule has 1 saturated carbocycles. The Morgan fingerprint density at radius 2 is 1.72 bits per heavy atom. The number of hydrogen-bond acceptors (Lipinski definition) is 11. The van der Waals surface area contributed by atoms with Crippen molar-refractivity contribution in [3.8, 4) is 17.6 Å². The van der Waals surface area contributed by atoms with E-state index in [4.69, 9.17) is 4.74 Å². The van der Waals surface area contributed by atoms with Crippen LogP contribution in [0.4, 0.5) is 24.5 Å². The molecule has 4 heterocycles. The van der Waals surface area contributed by atoms with Crippen molar-refractivity contribution in [1.82, 2.24) is 29.0 Å². The van der Waals surface area contributed by atoms with E-state index in [0.29, 0.717) is 44.5 Å². The monoisotopic (exact) mass is 917 g/mol. The van der Waals surface area contributed by atoms with Crippen LogP contribution in [0.25, 0.3) is 10.9 Å². The van der Waals surface area contributed by atoms with Gasteiger partial charge in [-0.2, -0.15) is 18.0 Å². The number of nitrogens with one attached hydrogen (secondary N) is 3. The van der Waals surface area contributed by atoms with Gasteiger partial charge in [0, 0.05) is 39.1 Å². The Morgan fingerprint density at radius 1 is 0.985 bits per heavy atom. The first kappa shape index (κ1) is 45.5. The molecule has 1 unspecified atom stereocenters. The number of benzene rings is 3. The van der Waals surface area contributed by atoms with Gasteiger partial charge in [0.1, 0.15) is 23.4 Å². The molecule has 0 radical (unpaired) electrons. The minimum absolute atomic E-state index is 0.0146. The van der Waals surface area contributed by atoms with Crippen molar-refractivity contribution in [2.24, 2.45) is 5.41 Å². The summed E-state index contributed by atoms with van der Waals surface area (Å²) in [5.41, 5.74) is -0.390. The third-order valence-electron chi connectivity index (χ3n) is 13.6. The molecule has 3 aliphatic heterocycles. The lowest BCUT2D eigenvalue weighted by Crippen LogP contribution is -2.47. The number of amides is 3. The van der Waals surface area contributed by atoms with Crippen molar-refractivity contribution in [3.63, 3.8) is 0 Å². The van der Waals surface area contributed by atoms with E-state index < -0.39 is 51.3 Å².